The maximum atomic E-state index is 11.3. The Morgan fingerprint density at radius 1 is 1.59 bits per heavy atom. The number of morpholine rings is 1. The van der Waals surface area contributed by atoms with Gasteiger partial charge in [0.2, 0.25) is 5.91 Å². The number of hydrogen-bond acceptors (Lipinski definition) is 5. The monoisotopic (exact) mass is 241 g/mol. The van der Waals surface area contributed by atoms with Crippen LogP contribution in [0.25, 0.3) is 0 Å². The van der Waals surface area contributed by atoms with Crippen molar-refractivity contribution in [1.29, 1.82) is 5.26 Å². The topological polar surface area (TPSA) is 103 Å². The average molecular weight is 241 g/mol. The molecule has 1 rings (SSSR count). The second-order valence-electron chi connectivity index (χ2n) is 3.76. The molecule has 0 saturated carbocycles. The molecule has 1 atom stereocenters. The molecule has 94 valence electrons. The van der Waals surface area contributed by atoms with E-state index in [1.807, 2.05) is 11.0 Å². The molecule has 7 heteroatoms. The first-order valence-corrected chi connectivity index (χ1v) is 5.31. The molecule has 2 N–H and O–H groups in total. The molecular weight excluding hydrogens is 226 g/mol. The van der Waals surface area contributed by atoms with Crippen LogP contribution in [0.1, 0.15) is 6.42 Å². The molecule has 7 nitrogen and oxygen atoms in total. The number of carbonyl (C=O) groups is 2. The molecule has 0 radical (unpaired) electrons. The largest absolute Gasteiger partial charge is 0.481 e. The van der Waals surface area contributed by atoms with Crippen molar-refractivity contribution in [2.75, 3.05) is 32.8 Å². The van der Waals surface area contributed by atoms with Crippen LogP contribution in [0.3, 0.4) is 0 Å². The number of carboxylic acid groups (broad SMARTS) is 1. The van der Waals surface area contributed by atoms with Gasteiger partial charge in [-0.05, 0) is 0 Å². The second kappa shape index (κ2) is 6.83. The fourth-order valence-corrected chi connectivity index (χ4v) is 1.64. The summed E-state index contributed by atoms with van der Waals surface area (Å²) in [6, 6.07) is 1.82. The van der Waals surface area contributed by atoms with E-state index in [0.29, 0.717) is 19.7 Å². The number of carboxylic acids is 1. The van der Waals surface area contributed by atoms with E-state index in [-0.39, 0.29) is 31.5 Å². The summed E-state index contributed by atoms with van der Waals surface area (Å²) in [6.45, 7) is 1.59. The standard InChI is InChI=1S/C10H15N3O4/c11-1-2-12-9(14)7-13-3-4-17-8(6-13)5-10(15)16/h8H,2-7H2,(H,12,14)(H,15,16). The van der Waals surface area contributed by atoms with Crippen molar-refractivity contribution in [1.82, 2.24) is 10.2 Å². The predicted molar refractivity (Wildman–Crippen MR) is 57.1 cm³/mol. The maximum absolute atomic E-state index is 11.3. The van der Waals surface area contributed by atoms with E-state index in [1.54, 1.807) is 0 Å². The molecule has 17 heavy (non-hydrogen) atoms. The van der Waals surface area contributed by atoms with Crippen LogP contribution in [0, 0.1) is 11.3 Å². The van der Waals surface area contributed by atoms with Gasteiger partial charge in [0.15, 0.2) is 0 Å². The Kier molecular flexibility index (Phi) is 5.39. The second-order valence-corrected chi connectivity index (χ2v) is 3.76. The number of carbonyl (C=O) groups excluding carboxylic acids is 1. The molecule has 1 aliphatic heterocycles. The van der Waals surface area contributed by atoms with Crippen molar-refractivity contribution in [3.8, 4) is 6.07 Å². The van der Waals surface area contributed by atoms with Gasteiger partial charge in [0.1, 0.15) is 6.54 Å². The van der Waals surface area contributed by atoms with E-state index in [9.17, 15) is 9.59 Å². The third-order valence-corrected chi connectivity index (χ3v) is 2.36. The van der Waals surface area contributed by atoms with E-state index in [4.69, 9.17) is 15.1 Å². The van der Waals surface area contributed by atoms with Crippen LogP contribution < -0.4 is 5.32 Å². The summed E-state index contributed by atoms with van der Waals surface area (Å²) in [7, 11) is 0. The van der Waals surface area contributed by atoms with E-state index < -0.39 is 5.97 Å². The number of aliphatic carboxylic acids is 1. The summed E-state index contributed by atoms with van der Waals surface area (Å²) >= 11 is 0. The Hall–Kier alpha value is -1.65. The lowest BCUT2D eigenvalue weighted by Gasteiger charge is -2.31. The zero-order valence-corrected chi connectivity index (χ0v) is 9.39. The summed E-state index contributed by atoms with van der Waals surface area (Å²) in [6.07, 6.45) is -0.430. The zero-order chi connectivity index (χ0) is 12.7. The summed E-state index contributed by atoms with van der Waals surface area (Å²) in [4.78, 5) is 23.7. The van der Waals surface area contributed by atoms with Crippen molar-refractivity contribution >= 4 is 11.9 Å². The lowest BCUT2D eigenvalue weighted by atomic mass is 10.2. The number of nitrogens with zero attached hydrogens (tertiary/aromatic N) is 2. The minimum absolute atomic E-state index is 0.0122. The first-order chi connectivity index (χ1) is 8.11. The van der Waals surface area contributed by atoms with Gasteiger partial charge in [-0.2, -0.15) is 5.26 Å². The highest BCUT2D eigenvalue weighted by atomic mass is 16.5. The number of ether oxygens (including phenoxy) is 1. The summed E-state index contributed by atoms with van der Waals surface area (Å²) in [5, 5.41) is 19.4. The molecule has 1 amide bonds. The maximum Gasteiger partial charge on any atom is 0.306 e. The molecule has 0 aromatic carbocycles. The Bertz CT molecular complexity index is 326. The molecule has 1 saturated heterocycles. The van der Waals surface area contributed by atoms with Gasteiger partial charge < -0.3 is 15.2 Å². The smallest absolute Gasteiger partial charge is 0.306 e. The van der Waals surface area contributed by atoms with E-state index in [1.165, 1.54) is 0 Å². The number of amides is 1. The van der Waals surface area contributed by atoms with Crippen molar-refractivity contribution in [3.63, 3.8) is 0 Å². The van der Waals surface area contributed by atoms with Gasteiger partial charge in [-0.15, -0.1) is 0 Å². The lowest BCUT2D eigenvalue weighted by molar-refractivity contribution is -0.142. The molecule has 1 unspecified atom stereocenters. The highest BCUT2D eigenvalue weighted by Crippen LogP contribution is 2.08. The summed E-state index contributed by atoms with van der Waals surface area (Å²) in [5.41, 5.74) is 0. The molecule has 0 aliphatic carbocycles. The Balaban J connectivity index is 2.31. The Labute approximate surface area is 99.0 Å². The van der Waals surface area contributed by atoms with Crippen molar-refractivity contribution < 1.29 is 19.4 Å². The first kappa shape index (κ1) is 13.4. The van der Waals surface area contributed by atoms with Gasteiger partial charge >= 0.3 is 5.97 Å². The highest BCUT2D eigenvalue weighted by Gasteiger charge is 2.23. The molecular formula is C10H15N3O4. The zero-order valence-electron chi connectivity index (χ0n) is 9.39. The quantitative estimate of drug-likeness (QED) is 0.586. The van der Waals surface area contributed by atoms with Crippen LogP contribution in [-0.2, 0) is 14.3 Å². The first-order valence-electron chi connectivity index (χ1n) is 5.31. The number of nitriles is 1. The lowest BCUT2D eigenvalue weighted by Crippen LogP contribution is -2.47. The van der Waals surface area contributed by atoms with Gasteiger partial charge in [-0.25, -0.2) is 0 Å². The number of hydrogen-bond donors (Lipinski definition) is 2. The van der Waals surface area contributed by atoms with Crippen molar-refractivity contribution in [2.45, 2.75) is 12.5 Å². The minimum atomic E-state index is -0.911. The van der Waals surface area contributed by atoms with Crippen molar-refractivity contribution in [3.05, 3.63) is 0 Å². The minimum Gasteiger partial charge on any atom is -0.481 e. The molecule has 1 fully saturated rings. The van der Waals surface area contributed by atoms with E-state index >= 15 is 0 Å². The molecule has 1 heterocycles. The molecule has 0 spiro atoms. The summed E-state index contributed by atoms with van der Waals surface area (Å²) < 4.78 is 5.28. The fraction of sp³-hybridized carbons (Fsp3) is 0.700. The van der Waals surface area contributed by atoms with E-state index in [0.717, 1.165) is 0 Å². The van der Waals surface area contributed by atoms with Gasteiger partial charge in [0, 0.05) is 13.1 Å². The Morgan fingerprint density at radius 2 is 2.35 bits per heavy atom. The van der Waals surface area contributed by atoms with Crippen molar-refractivity contribution in [2.24, 2.45) is 0 Å². The third-order valence-electron chi connectivity index (χ3n) is 2.36. The number of nitrogens with one attached hydrogen (secondary N) is 1. The SMILES string of the molecule is N#CCNC(=O)CN1CCOC(CC(=O)O)C1. The number of rotatable bonds is 5. The van der Waals surface area contributed by atoms with Gasteiger partial charge in [-0.3, -0.25) is 14.5 Å². The van der Waals surface area contributed by atoms with Gasteiger partial charge in [0.25, 0.3) is 0 Å². The van der Waals surface area contributed by atoms with Crippen LogP contribution in [-0.4, -0.2) is 60.8 Å². The Morgan fingerprint density at radius 3 is 3.00 bits per heavy atom. The predicted octanol–water partition coefficient (Wildman–Crippen LogP) is -1.20. The van der Waals surface area contributed by atoms with Crippen LogP contribution in [0.15, 0.2) is 0 Å². The molecule has 1 aliphatic rings. The van der Waals surface area contributed by atoms with Gasteiger partial charge in [0.05, 0.1) is 31.7 Å². The van der Waals surface area contributed by atoms with Crippen LogP contribution in [0.4, 0.5) is 0 Å². The van der Waals surface area contributed by atoms with Crippen LogP contribution >= 0.6 is 0 Å². The fourth-order valence-electron chi connectivity index (χ4n) is 1.64. The molecule has 0 bridgehead atoms. The summed E-state index contributed by atoms with van der Waals surface area (Å²) in [5.74, 6) is -1.15. The highest BCUT2D eigenvalue weighted by molar-refractivity contribution is 5.78. The van der Waals surface area contributed by atoms with E-state index in [2.05, 4.69) is 5.32 Å². The van der Waals surface area contributed by atoms with Crippen LogP contribution in [0.5, 0.6) is 0 Å². The molecule has 0 aromatic rings. The third kappa shape index (κ3) is 5.29. The average Bonchev–Trinajstić information content (AvgIpc) is 2.26. The normalized spacial score (nSPS) is 20.5. The van der Waals surface area contributed by atoms with Gasteiger partial charge in [-0.1, -0.05) is 0 Å². The van der Waals surface area contributed by atoms with Crippen LogP contribution in [0.2, 0.25) is 0 Å². The molecule has 0 aromatic heterocycles.